The fraction of sp³-hybridized carbons (Fsp3) is 0.0476. The van der Waals surface area contributed by atoms with Gasteiger partial charge < -0.3 is 9.73 Å². The first-order chi connectivity index (χ1) is 14.0. The van der Waals surface area contributed by atoms with Crippen molar-refractivity contribution in [2.45, 2.75) is 0 Å². The third-order valence-electron chi connectivity index (χ3n) is 4.85. The van der Waals surface area contributed by atoms with E-state index in [-0.39, 0.29) is 16.6 Å². The molecule has 142 valence electrons. The van der Waals surface area contributed by atoms with Crippen LogP contribution in [0.1, 0.15) is 10.4 Å². The van der Waals surface area contributed by atoms with Crippen LogP contribution in [0.5, 0.6) is 0 Å². The maximum Gasteiger partial charge on any atom is 0.329 e. The van der Waals surface area contributed by atoms with Crippen molar-refractivity contribution >= 4 is 44.6 Å². The molecule has 0 unspecified atom stereocenters. The first kappa shape index (κ1) is 16.9. The van der Waals surface area contributed by atoms with Crippen molar-refractivity contribution in [3.63, 3.8) is 0 Å². The van der Waals surface area contributed by atoms with Crippen LogP contribution in [0, 0.1) is 0 Å². The Bertz CT molecular complexity index is 1560. The average molecular weight is 386 g/mol. The maximum atomic E-state index is 12.7. The second-order valence-electron chi connectivity index (χ2n) is 6.68. The molecule has 5 aromatic rings. The molecular weight excluding hydrogens is 372 g/mol. The number of rotatable bonds is 2. The second-order valence-corrected chi connectivity index (χ2v) is 6.68. The molecule has 2 N–H and O–H groups in total. The normalized spacial score (nSPS) is 11.3. The van der Waals surface area contributed by atoms with Crippen LogP contribution >= 0.6 is 0 Å². The first-order valence-corrected chi connectivity index (χ1v) is 8.83. The van der Waals surface area contributed by atoms with Gasteiger partial charge in [0.1, 0.15) is 16.8 Å². The summed E-state index contributed by atoms with van der Waals surface area (Å²) in [5, 5.41) is 4.82. The Hall–Kier alpha value is -4.20. The van der Waals surface area contributed by atoms with Gasteiger partial charge in [0.25, 0.3) is 11.5 Å². The molecule has 0 radical (unpaired) electrons. The number of benzene rings is 2. The molecule has 3 heterocycles. The van der Waals surface area contributed by atoms with E-state index in [2.05, 4.69) is 15.3 Å². The van der Waals surface area contributed by atoms with Crippen LogP contribution < -0.4 is 16.6 Å². The number of pyridine rings is 1. The zero-order chi connectivity index (χ0) is 20.1. The van der Waals surface area contributed by atoms with E-state index < -0.39 is 17.2 Å². The van der Waals surface area contributed by atoms with Crippen LogP contribution in [0.2, 0.25) is 0 Å². The summed E-state index contributed by atoms with van der Waals surface area (Å²) in [6.45, 7) is 0. The van der Waals surface area contributed by atoms with Crippen molar-refractivity contribution in [3.05, 3.63) is 81.1 Å². The van der Waals surface area contributed by atoms with Crippen LogP contribution in [0.15, 0.2) is 68.7 Å². The van der Waals surface area contributed by atoms with E-state index in [1.54, 1.807) is 12.1 Å². The predicted octanol–water partition coefficient (Wildman–Crippen LogP) is 2.77. The molecule has 1 amide bonds. The summed E-state index contributed by atoms with van der Waals surface area (Å²) in [5.41, 5.74) is 1.35. The fourth-order valence-electron chi connectivity index (χ4n) is 3.37. The van der Waals surface area contributed by atoms with Crippen molar-refractivity contribution in [2.24, 2.45) is 7.05 Å². The standard InChI is InChI=1S/C21H14N4O4/c1-25-18-15(20(27)24-21(25)28)8-11(10-22-18)19(26)23-12-6-7-17-14(9-12)13-4-2-3-5-16(13)29-17/h2-10H,1H3,(H,23,26)(H,24,27,28). The number of H-pyrrole nitrogens is 1. The van der Waals surface area contributed by atoms with Crippen LogP contribution in [0.3, 0.4) is 0 Å². The maximum absolute atomic E-state index is 12.7. The molecule has 0 saturated heterocycles. The summed E-state index contributed by atoms with van der Waals surface area (Å²) in [7, 11) is 1.50. The van der Waals surface area contributed by atoms with Gasteiger partial charge in [0, 0.05) is 29.7 Å². The van der Waals surface area contributed by atoms with Gasteiger partial charge in [-0.2, -0.15) is 0 Å². The van der Waals surface area contributed by atoms with Gasteiger partial charge in [-0.05, 0) is 30.3 Å². The summed E-state index contributed by atoms with van der Waals surface area (Å²) in [6.07, 6.45) is 1.34. The van der Waals surface area contributed by atoms with Gasteiger partial charge in [-0.25, -0.2) is 9.78 Å². The Labute approximate surface area is 162 Å². The van der Waals surface area contributed by atoms with E-state index in [1.165, 1.54) is 23.9 Å². The number of furan rings is 1. The molecule has 0 aliphatic rings. The van der Waals surface area contributed by atoms with Crippen molar-refractivity contribution in [3.8, 4) is 0 Å². The first-order valence-electron chi connectivity index (χ1n) is 8.83. The number of fused-ring (bicyclic) bond motifs is 4. The molecule has 5 rings (SSSR count). The molecule has 0 fully saturated rings. The summed E-state index contributed by atoms with van der Waals surface area (Å²) in [6, 6.07) is 14.5. The molecule has 0 aliphatic carbocycles. The van der Waals surface area contributed by atoms with E-state index in [0.717, 1.165) is 21.9 Å². The number of aromatic amines is 1. The van der Waals surface area contributed by atoms with Gasteiger partial charge in [0.05, 0.1) is 10.9 Å². The lowest BCUT2D eigenvalue weighted by molar-refractivity contribution is 0.102. The van der Waals surface area contributed by atoms with Crippen molar-refractivity contribution in [2.75, 3.05) is 5.32 Å². The minimum atomic E-state index is -0.587. The number of hydrogen-bond donors (Lipinski definition) is 2. The Balaban J connectivity index is 1.54. The molecule has 8 nitrogen and oxygen atoms in total. The van der Waals surface area contributed by atoms with Gasteiger partial charge >= 0.3 is 5.69 Å². The zero-order valence-electron chi connectivity index (χ0n) is 15.2. The number of carbonyl (C=O) groups excluding carboxylic acids is 1. The molecule has 29 heavy (non-hydrogen) atoms. The number of nitrogens with zero attached hydrogens (tertiary/aromatic N) is 2. The number of nitrogens with one attached hydrogen (secondary N) is 2. The van der Waals surface area contributed by atoms with Crippen LogP contribution in [0.25, 0.3) is 33.0 Å². The molecule has 0 spiro atoms. The number of aryl methyl sites for hydroxylation is 1. The Morgan fingerprint density at radius 2 is 1.83 bits per heavy atom. The van der Waals surface area contributed by atoms with Gasteiger partial charge in [0.15, 0.2) is 0 Å². The van der Waals surface area contributed by atoms with Gasteiger partial charge in [-0.3, -0.25) is 19.1 Å². The molecule has 0 atom stereocenters. The summed E-state index contributed by atoms with van der Waals surface area (Å²) >= 11 is 0. The third-order valence-corrected chi connectivity index (χ3v) is 4.85. The quantitative estimate of drug-likeness (QED) is 0.485. The van der Waals surface area contributed by atoms with Gasteiger partial charge in [0.2, 0.25) is 0 Å². The fourth-order valence-corrected chi connectivity index (χ4v) is 3.37. The Morgan fingerprint density at radius 1 is 1.03 bits per heavy atom. The van der Waals surface area contributed by atoms with Crippen LogP contribution in [0.4, 0.5) is 5.69 Å². The average Bonchev–Trinajstić information content (AvgIpc) is 3.10. The summed E-state index contributed by atoms with van der Waals surface area (Å²) < 4.78 is 7.01. The topological polar surface area (TPSA) is 110 Å². The Morgan fingerprint density at radius 3 is 2.69 bits per heavy atom. The molecule has 0 saturated carbocycles. The van der Waals surface area contributed by atoms with E-state index in [9.17, 15) is 14.4 Å². The molecule has 0 aliphatic heterocycles. The molecule has 0 bridgehead atoms. The third kappa shape index (κ3) is 2.69. The number of carbonyl (C=O) groups is 1. The van der Waals surface area contributed by atoms with E-state index >= 15 is 0 Å². The highest BCUT2D eigenvalue weighted by molar-refractivity contribution is 6.09. The van der Waals surface area contributed by atoms with Gasteiger partial charge in [-0.15, -0.1) is 0 Å². The summed E-state index contributed by atoms with van der Waals surface area (Å²) in [5.74, 6) is -0.417. The summed E-state index contributed by atoms with van der Waals surface area (Å²) in [4.78, 5) is 42.8. The van der Waals surface area contributed by atoms with E-state index in [1.807, 2.05) is 30.3 Å². The number of amides is 1. The SMILES string of the molecule is Cn1c(=O)[nH]c(=O)c2cc(C(=O)Nc3ccc4oc5ccccc5c4c3)cnc21. The molecule has 8 heteroatoms. The monoisotopic (exact) mass is 386 g/mol. The smallest absolute Gasteiger partial charge is 0.329 e. The minimum absolute atomic E-state index is 0.163. The van der Waals surface area contributed by atoms with Crippen LogP contribution in [-0.4, -0.2) is 20.4 Å². The number of para-hydroxylation sites is 1. The second kappa shape index (κ2) is 6.16. The highest BCUT2D eigenvalue weighted by Gasteiger charge is 2.13. The van der Waals surface area contributed by atoms with Crippen molar-refractivity contribution < 1.29 is 9.21 Å². The minimum Gasteiger partial charge on any atom is -0.456 e. The van der Waals surface area contributed by atoms with Crippen molar-refractivity contribution in [1.29, 1.82) is 0 Å². The highest BCUT2D eigenvalue weighted by Crippen LogP contribution is 2.30. The molecular formula is C21H14N4O4. The lowest BCUT2D eigenvalue weighted by Gasteiger charge is -2.07. The lowest BCUT2D eigenvalue weighted by atomic mass is 10.1. The predicted molar refractivity (Wildman–Crippen MR) is 109 cm³/mol. The molecule has 2 aromatic carbocycles. The number of aromatic nitrogens is 3. The van der Waals surface area contributed by atoms with Gasteiger partial charge in [-0.1, -0.05) is 18.2 Å². The zero-order valence-corrected chi connectivity index (χ0v) is 15.2. The van der Waals surface area contributed by atoms with E-state index in [4.69, 9.17) is 4.42 Å². The number of hydrogen-bond acceptors (Lipinski definition) is 5. The van der Waals surface area contributed by atoms with Crippen LogP contribution in [-0.2, 0) is 7.05 Å². The largest absolute Gasteiger partial charge is 0.456 e. The Kier molecular flexibility index (Phi) is 3.60. The van der Waals surface area contributed by atoms with E-state index in [0.29, 0.717) is 5.69 Å². The van der Waals surface area contributed by atoms with Crippen molar-refractivity contribution in [1.82, 2.24) is 14.5 Å². The molecule has 3 aromatic heterocycles. The highest BCUT2D eigenvalue weighted by atomic mass is 16.3. The lowest BCUT2D eigenvalue weighted by Crippen LogP contribution is -2.29. The number of anilines is 1.